The van der Waals surface area contributed by atoms with E-state index >= 15 is 0 Å². The summed E-state index contributed by atoms with van der Waals surface area (Å²) in [5.41, 5.74) is 6.97. The normalized spacial score (nSPS) is 10.7. The van der Waals surface area contributed by atoms with Crippen LogP contribution >= 0.6 is 0 Å². The summed E-state index contributed by atoms with van der Waals surface area (Å²) in [5, 5.41) is 2.71. The number of hydrogen-bond acceptors (Lipinski definition) is 3. The van der Waals surface area contributed by atoms with Gasteiger partial charge >= 0.3 is 0 Å². The number of benzene rings is 1. The number of nitrogens with zero attached hydrogens (tertiary/aromatic N) is 1. The van der Waals surface area contributed by atoms with Gasteiger partial charge < -0.3 is 11.1 Å². The molecule has 0 heterocycles. The number of nitrogens with two attached hydrogens (primary N) is 1. The number of nitrogens with one attached hydrogen (secondary N) is 1. The van der Waals surface area contributed by atoms with Gasteiger partial charge in [-0.3, -0.25) is 9.69 Å². The molecule has 0 aromatic heterocycles. The minimum atomic E-state index is -0.269. The predicted molar refractivity (Wildman–Crippen MR) is 69.3 cm³/mol. The van der Waals surface area contributed by atoms with E-state index in [1.54, 1.807) is 24.1 Å². The van der Waals surface area contributed by atoms with Crippen molar-refractivity contribution in [2.45, 2.75) is 20.0 Å². The molecule has 1 aromatic carbocycles. The molecule has 0 saturated heterocycles. The quantitative estimate of drug-likeness (QED) is 0.790. The van der Waals surface area contributed by atoms with Crippen LogP contribution < -0.4 is 11.1 Å². The van der Waals surface area contributed by atoms with Crippen molar-refractivity contribution in [2.75, 3.05) is 20.1 Å². The lowest BCUT2D eigenvalue weighted by atomic mass is 10.1. The van der Waals surface area contributed by atoms with Crippen LogP contribution in [0.2, 0.25) is 0 Å². The predicted octanol–water partition coefficient (Wildman–Crippen LogP) is 0.852. The molecule has 100 valence electrons. The van der Waals surface area contributed by atoms with Crippen molar-refractivity contribution in [3.63, 3.8) is 0 Å². The maximum Gasteiger partial charge on any atom is 0.234 e. The lowest BCUT2D eigenvalue weighted by molar-refractivity contribution is -0.121. The summed E-state index contributed by atoms with van der Waals surface area (Å²) in [5.74, 6) is -0.328. The fraction of sp³-hybridized carbons (Fsp3) is 0.462. The summed E-state index contributed by atoms with van der Waals surface area (Å²) >= 11 is 0. The lowest BCUT2D eigenvalue weighted by Crippen LogP contribution is -2.34. The standard InChI is InChI=1S/C13H20FN3O/c1-3-16-13(18)9-17(2)8-11-6-10(7-15)4-5-12(11)14/h4-6H,3,7-9,15H2,1-2H3,(H,16,18). The van der Waals surface area contributed by atoms with Crippen molar-refractivity contribution < 1.29 is 9.18 Å². The Kier molecular flexibility index (Phi) is 5.74. The molecule has 0 unspecified atom stereocenters. The van der Waals surface area contributed by atoms with E-state index in [2.05, 4.69) is 5.32 Å². The maximum atomic E-state index is 13.6. The Hall–Kier alpha value is -1.46. The highest BCUT2D eigenvalue weighted by molar-refractivity contribution is 5.77. The maximum absolute atomic E-state index is 13.6. The average Bonchev–Trinajstić information content (AvgIpc) is 2.32. The molecule has 0 aliphatic heterocycles. The van der Waals surface area contributed by atoms with Gasteiger partial charge in [-0.05, 0) is 25.6 Å². The SMILES string of the molecule is CCNC(=O)CN(C)Cc1cc(CN)ccc1F. The molecule has 18 heavy (non-hydrogen) atoms. The Labute approximate surface area is 107 Å². The second-order valence-corrected chi connectivity index (χ2v) is 4.26. The van der Waals surface area contributed by atoms with Gasteiger partial charge in [0.05, 0.1) is 6.54 Å². The van der Waals surface area contributed by atoms with E-state index in [9.17, 15) is 9.18 Å². The zero-order valence-corrected chi connectivity index (χ0v) is 10.9. The van der Waals surface area contributed by atoms with Crippen molar-refractivity contribution in [2.24, 2.45) is 5.73 Å². The van der Waals surface area contributed by atoms with E-state index in [0.717, 1.165) is 5.56 Å². The summed E-state index contributed by atoms with van der Waals surface area (Å²) in [6.45, 7) is 3.48. The Balaban J connectivity index is 2.63. The largest absolute Gasteiger partial charge is 0.355 e. The van der Waals surface area contributed by atoms with Gasteiger partial charge in [0.1, 0.15) is 5.82 Å². The molecule has 0 atom stereocenters. The molecule has 1 amide bonds. The number of likely N-dealkylation sites (N-methyl/N-ethyl adjacent to an activating group) is 2. The Morgan fingerprint density at radius 2 is 2.22 bits per heavy atom. The fourth-order valence-corrected chi connectivity index (χ4v) is 1.72. The Morgan fingerprint density at radius 1 is 1.50 bits per heavy atom. The topological polar surface area (TPSA) is 58.4 Å². The third-order valence-electron chi connectivity index (χ3n) is 2.57. The Morgan fingerprint density at radius 3 is 2.83 bits per heavy atom. The van der Waals surface area contributed by atoms with Gasteiger partial charge in [-0.15, -0.1) is 0 Å². The van der Waals surface area contributed by atoms with Gasteiger partial charge in [0, 0.05) is 25.2 Å². The number of hydrogen-bond donors (Lipinski definition) is 2. The summed E-state index contributed by atoms with van der Waals surface area (Å²) in [4.78, 5) is 13.2. The second kappa shape index (κ2) is 7.08. The van der Waals surface area contributed by atoms with E-state index in [-0.39, 0.29) is 18.3 Å². The van der Waals surface area contributed by atoms with Crippen LogP contribution in [0.1, 0.15) is 18.1 Å². The van der Waals surface area contributed by atoms with Crippen LogP contribution in [0.25, 0.3) is 0 Å². The van der Waals surface area contributed by atoms with Crippen molar-refractivity contribution in [1.82, 2.24) is 10.2 Å². The molecule has 0 radical (unpaired) electrons. The first-order chi connectivity index (χ1) is 8.56. The van der Waals surface area contributed by atoms with Gasteiger partial charge in [0.15, 0.2) is 0 Å². The highest BCUT2D eigenvalue weighted by atomic mass is 19.1. The molecule has 1 aromatic rings. The van der Waals surface area contributed by atoms with Gasteiger partial charge in [0.25, 0.3) is 0 Å². The number of carbonyl (C=O) groups is 1. The van der Waals surface area contributed by atoms with Crippen LogP contribution in [0.15, 0.2) is 18.2 Å². The van der Waals surface area contributed by atoms with Gasteiger partial charge in [-0.1, -0.05) is 12.1 Å². The second-order valence-electron chi connectivity index (χ2n) is 4.26. The molecule has 0 spiro atoms. The number of carbonyl (C=O) groups excluding carboxylic acids is 1. The van der Waals surface area contributed by atoms with Gasteiger partial charge in [-0.2, -0.15) is 0 Å². The van der Waals surface area contributed by atoms with Crippen LogP contribution in [-0.2, 0) is 17.9 Å². The van der Waals surface area contributed by atoms with Gasteiger partial charge in [-0.25, -0.2) is 4.39 Å². The van der Waals surface area contributed by atoms with Crippen LogP contribution in [0.3, 0.4) is 0 Å². The van der Waals surface area contributed by atoms with Gasteiger partial charge in [0.2, 0.25) is 5.91 Å². The molecular formula is C13H20FN3O. The first-order valence-electron chi connectivity index (χ1n) is 5.99. The molecule has 0 saturated carbocycles. The fourth-order valence-electron chi connectivity index (χ4n) is 1.72. The zero-order valence-electron chi connectivity index (χ0n) is 10.9. The van der Waals surface area contributed by atoms with Crippen LogP contribution in [-0.4, -0.2) is 30.9 Å². The Bertz CT molecular complexity index is 409. The van der Waals surface area contributed by atoms with E-state index in [1.807, 2.05) is 6.92 Å². The van der Waals surface area contributed by atoms with E-state index in [0.29, 0.717) is 25.2 Å². The summed E-state index contributed by atoms with van der Waals surface area (Å²) in [7, 11) is 1.78. The molecule has 0 fully saturated rings. The highest BCUT2D eigenvalue weighted by Gasteiger charge is 2.09. The van der Waals surface area contributed by atoms with Crippen LogP contribution in [0.5, 0.6) is 0 Å². The van der Waals surface area contributed by atoms with Crippen molar-refractivity contribution >= 4 is 5.91 Å². The number of amides is 1. The molecule has 3 N–H and O–H groups in total. The molecule has 0 aliphatic carbocycles. The third-order valence-corrected chi connectivity index (χ3v) is 2.57. The highest BCUT2D eigenvalue weighted by Crippen LogP contribution is 2.12. The summed E-state index contributed by atoms with van der Waals surface area (Å²) in [6, 6.07) is 4.82. The van der Waals surface area contributed by atoms with Crippen LogP contribution in [0.4, 0.5) is 4.39 Å². The van der Waals surface area contributed by atoms with E-state index in [4.69, 9.17) is 5.73 Å². The first kappa shape index (κ1) is 14.6. The van der Waals surface area contributed by atoms with Crippen molar-refractivity contribution in [3.05, 3.63) is 35.1 Å². The number of rotatable bonds is 6. The van der Waals surface area contributed by atoms with E-state index in [1.165, 1.54) is 6.07 Å². The number of halogens is 1. The zero-order chi connectivity index (χ0) is 13.5. The van der Waals surface area contributed by atoms with Crippen molar-refractivity contribution in [3.8, 4) is 0 Å². The monoisotopic (exact) mass is 253 g/mol. The molecule has 0 aliphatic rings. The first-order valence-corrected chi connectivity index (χ1v) is 5.99. The minimum absolute atomic E-state index is 0.0598. The van der Waals surface area contributed by atoms with Crippen LogP contribution in [0, 0.1) is 5.82 Å². The molecule has 5 heteroatoms. The minimum Gasteiger partial charge on any atom is -0.355 e. The summed E-state index contributed by atoms with van der Waals surface area (Å²) in [6.07, 6.45) is 0. The molecule has 1 rings (SSSR count). The van der Waals surface area contributed by atoms with E-state index < -0.39 is 0 Å². The molecule has 4 nitrogen and oxygen atoms in total. The average molecular weight is 253 g/mol. The smallest absolute Gasteiger partial charge is 0.234 e. The molecular weight excluding hydrogens is 233 g/mol. The summed E-state index contributed by atoms with van der Waals surface area (Å²) < 4.78 is 13.6. The third kappa shape index (κ3) is 4.43. The van der Waals surface area contributed by atoms with Crippen molar-refractivity contribution in [1.29, 1.82) is 0 Å². The molecule has 0 bridgehead atoms. The lowest BCUT2D eigenvalue weighted by Gasteiger charge is -2.17.